The SMILES string of the molecule is CN1CCN(C(=O)c2c(NC(=O)c3ccc(F)cc3)sc3c2CCC(C(C)(C)C)C3)CC1. The average molecular weight is 458 g/mol. The lowest BCUT2D eigenvalue weighted by Crippen LogP contribution is -2.47. The van der Waals surface area contributed by atoms with Gasteiger partial charge in [0.2, 0.25) is 0 Å². The fourth-order valence-corrected chi connectivity index (χ4v) is 5.90. The molecule has 172 valence electrons. The molecule has 1 aliphatic carbocycles. The van der Waals surface area contributed by atoms with E-state index in [1.54, 1.807) is 0 Å². The third-order valence-electron chi connectivity index (χ3n) is 6.83. The number of nitrogens with one attached hydrogen (secondary N) is 1. The zero-order valence-electron chi connectivity index (χ0n) is 19.3. The van der Waals surface area contributed by atoms with Gasteiger partial charge in [-0.05, 0) is 67.5 Å². The number of halogens is 1. The monoisotopic (exact) mass is 457 g/mol. The number of nitrogens with zero attached hydrogens (tertiary/aromatic N) is 2. The number of carbonyl (C=O) groups is 2. The predicted octanol–water partition coefficient (Wildman–Crippen LogP) is 4.68. The van der Waals surface area contributed by atoms with Crippen LogP contribution in [0.4, 0.5) is 9.39 Å². The van der Waals surface area contributed by atoms with Gasteiger partial charge < -0.3 is 15.1 Å². The first-order chi connectivity index (χ1) is 15.1. The van der Waals surface area contributed by atoms with Crippen LogP contribution in [0.1, 0.15) is 58.3 Å². The zero-order chi connectivity index (χ0) is 23.0. The number of anilines is 1. The molecule has 0 bridgehead atoms. The number of likely N-dealkylation sites (N-methyl/N-ethyl adjacent to an activating group) is 1. The van der Waals surface area contributed by atoms with Crippen LogP contribution in [0.25, 0.3) is 0 Å². The summed E-state index contributed by atoms with van der Waals surface area (Å²) in [4.78, 5) is 31.9. The Bertz CT molecular complexity index is 1000. The molecule has 1 aromatic carbocycles. The van der Waals surface area contributed by atoms with Gasteiger partial charge >= 0.3 is 0 Å². The zero-order valence-corrected chi connectivity index (χ0v) is 20.2. The Morgan fingerprint density at radius 1 is 1.09 bits per heavy atom. The van der Waals surface area contributed by atoms with Crippen LogP contribution in [0.3, 0.4) is 0 Å². The van der Waals surface area contributed by atoms with Crippen LogP contribution >= 0.6 is 11.3 Å². The quantitative estimate of drug-likeness (QED) is 0.728. The minimum atomic E-state index is -0.382. The molecular weight excluding hydrogens is 425 g/mol. The summed E-state index contributed by atoms with van der Waals surface area (Å²) in [6, 6.07) is 5.49. The Balaban J connectivity index is 1.66. The summed E-state index contributed by atoms with van der Waals surface area (Å²) >= 11 is 1.54. The molecule has 5 nitrogen and oxygen atoms in total. The summed E-state index contributed by atoms with van der Waals surface area (Å²) in [7, 11) is 2.06. The third kappa shape index (κ3) is 4.74. The second kappa shape index (κ2) is 8.94. The summed E-state index contributed by atoms with van der Waals surface area (Å²) in [5, 5.41) is 3.61. The van der Waals surface area contributed by atoms with Crippen molar-refractivity contribution in [3.63, 3.8) is 0 Å². The molecule has 1 unspecified atom stereocenters. The molecule has 2 heterocycles. The number of hydrogen-bond acceptors (Lipinski definition) is 4. The Labute approximate surface area is 193 Å². The first kappa shape index (κ1) is 22.9. The normalized spacial score (nSPS) is 19.5. The van der Waals surface area contributed by atoms with E-state index >= 15 is 0 Å². The maximum absolute atomic E-state index is 13.6. The molecule has 2 aromatic rings. The maximum atomic E-state index is 13.6. The van der Waals surface area contributed by atoms with Crippen LogP contribution in [0.5, 0.6) is 0 Å². The predicted molar refractivity (Wildman–Crippen MR) is 127 cm³/mol. The van der Waals surface area contributed by atoms with Crippen molar-refractivity contribution < 1.29 is 14.0 Å². The van der Waals surface area contributed by atoms with Gasteiger partial charge in [-0.25, -0.2) is 4.39 Å². The first-order valence-electron chi connectivity index (χ1n) is 11.3. The topological polar surface area (TPSA) is 52.6 Å². The average Bonchev–Trinajstić information content (AvgIpc) is 3.10. The highest BCUT2D eigenvalue weighted by Gasteiger charge is 2.35. The Morgan fingerprint density at radius 3 is 2.38 bits per heavy atom. The van der Waals surface area contributed by atoms with E-state index in [0.717, 1.165) is 37.9 Å². The van der Waals surface area contributed by atoms with Gasteiger partial charge in [0.1, 0.15) is 10.8 Å². The van der Waals surface area contributed by atoms with E-state index in [-0.39, 0.29) is 23.0 Å². The molecular formula is C25H32FN3O2S. The largest absolute Gasteiger partial charge is 0.336 e. The fourth-order valence-electron chi connectivity index (χ4n) is 4.58. The first-order valence-corrected chi connectivity index (χ1v) is 12.1. The van der Waals surface area contributed by atoms with Crippen LogP contribution < -0.4 is 5.32 Å². The molecule has 1 fully saturated rings. The molecule has 2 aliphatic rings. The van der Waals surface area contributed by atoms with Crippen molar-refractivity contribution in [2.75, 3.05) is 38.5 Å². The van der Waals surface area contributed by atoms with Crippen molar-refractivity contribution in [1.29, 1.82) is 0 Å². The lowest BCUT2D eigenvalue weighted by Gasteiger charge is -2.35. The van der Waals surface area contributed by atoms with Crippen LogP contribution in [0, 0.1) is 17.2 Å². The molecule has 0 radical (unpaired) electrons. The fraction of sp³-hybridized carbons (Fsp3) is 0.520. The highest BCUT2D eigenvalue weighted by atomic mass is 32.1. The summed E-state index contributed by atoms with van der Waals surface area (Å²) in [5.41, 5.74) is 2.34. The molecule has 1 atom stereocenters. The van der Waals surface area contributed by atoms with Crippen LogP contribution in [0.2, 0.25) is 0 Å². The number of hydrogen-bond donors (Lipinski definition) is 1. The highest BCUT2D eigenvalue weighted by Crippen LogP contribution is 2.44. The van der Waals surface area contributed by atoms with Crippen LogP contribution in [-0.2, 0) is 12.8 Å². The Kier molecular flexibility index (Phi) is 6.41. The van der Waals surface area contributed by atoms with Gasteiger partial charge in [-0.1, -0.05) is 20.8 Å². The van der Waals surface area contributed by atoms with Gasteiger partial charge in [0.05, 0.1) is 5.56 Å². The molecule has 1 N–H and O–H groups in total. The minimum Gasteiger partial charge on any atom is -0.336 e. The molecule has 1 aliphatic heterocycles. The number of rotatable bonds is 3. The molecule has 1 aromatic heterocycles. The van der Waals surface area contributed by atoms with Gasteiger partial charge in [-0.15, -0.1) is 11.3 Å². The van der Waals surface area contributed by atoms with Gasteiger partial charge in [0, 0.05) is 36.6 Å². The maximum Gasteiger partial charge on any atom is 0.257 e. The molecule has 32 heavy (non-hydrogen) atoms. The molecule has 0 spiro atoms. The Morgan fingerprint density at radius 2 is 1.75 bits per heavy atom. The summed E-state index contributed by atoms with van der Waals surface area (Å²) in [5.74, 6) is -0.143. The summed E-state index contributed by atoms with van der Waals surface area (Å²) in [6.45, 7) is 9.88. The number of amides is 2. The van der Waals surface area contributed by atoms with Crippen molar-refractivity contribution in [3.05, 3.63) is 51.7 Å². The van der Waals surface area contributed by atoms with E-state index in [0.29, 0.717) is 35.1 Å². The standard InChI is InChI=1S/C25H32FN3O2S/c1-25(2,3)17-7-10-19-20(15-17)32-23(27-22(30)16-5-8-18(26)9-6-16)21(19)24(31)29-13-11-28(4)12-14-29/h5-6,8-9,17H,7,10-15H2,1-4H3,(H,27,30). The smallest absolute Gasteiger partial charge is 0.257 e. The molecule has 1 saturated heterocycles. The summed E-state index contributed by atoms with van der Waals surface area (Å²) in [6.07, 6.45) is 2.83. The third-order valence-corrected chi connectivity index (χ3v) is 8.00. The van der Waals surface area contributed by atoms with Crippen LogP contribution in [0.15, 0.2) is 24.3 Å². The Hall–Kier alpha value is -2.25. The number of benzene rings is 1. The lowest BCUT2D eigenvalue weighted by molar-refractivity contribution is 0.0664. The van der Waals surface area contributed by atoms with Crippen molar-refractivity contribution in [2.24, 2.45) is 11.3 Å². The van der Waals surface area contributed by atoms with Crippen molar-refractivity contribution in [3.8, 4) is 0 Å². The molecule has 4 rings (SSSR count). The lowest BCUT2D eigenvalue weighted by atomic mass is 9.72. The molecule has 7 heteroatoms. The second-order valence-electron chi connectivity index (χ2n) is 10.1. The number of fused-ring (bicyclic) bond motifs is 1. The molecule has 0 saturated carbocycles. The van der Waals surface area contributed by atoms with E-state index in [1.807, 2.05) is 4.90 Å². The van der Waals surface area contributed by atoms with Crippen molar-refractivity contribution >= 4 is 28.2 Å². The van der Waals surface area contributed by atoms with E-state index in [4.69, 9.17) is 0 Å². The minimum absolute atomic E-state index is 0.0132. The van der Waals surface area contributed by atoms with E-state index in [2.05, 4.69) is 38.0 Å². The van der Waals surface area contributed by atoms with E-state index in [9.17, 15) is 14.0 Å². The van der Waals surface area contributed by atoms with Gasteiger partial charge in [0.25, 0.3) is 11.8 Å². The van der Waals surface area contributed by atoms with E-state index in [1.165, 1.54) is 40.5 Å². The van der Waals surface area contributed by atoms with Crippen molar-refractivity contribution in [1.82, 2.24) is 9.80 Å². The second-order valence-corrected chi connectivity index (χ2v) is 11.2. The van der Waals surface area contributed by atoms with Crippen molar-refractivity contribution in [2.45, 2.75) is 40.0 Å². The van der Waals surface area contributed by atoms with E-state index < -0.39 is 0 Å². The van der Waals surface area contributed by atoms with Gasteiger partial charge in [-0.2, -0.15) is 0 Å². The number of carbonyl (C=O) groups excluding carboxylic acids is 2. The number of piperazine rings is 1. The highest BCUT2D eigenvalue weighted by molar-refractivity contribution is 7.17. The van der Waals surface area contributed by atoms with Gasteiger partial charge in [0.15, 0.2) is 0 Å². The van der Waals surface area contributed by atoms with Gasteiger partial charge in [-0.3, -0.25) is 9.59 Å². The number of thiophene rings is 1. The molecule has 2 amide bonds. The van der Waals surface area contributed by atoms with Crippen LogP contribution in [-0.4, -0.2) is 54.8 Å². The summed E-state index contributed by atoms with van der Waals surface area (Å²) < 4.78 is 13.3.